The second kappa shape index (κ2) is 37.0. The third kappa shape index (κ3) is 23.3. The van der Waals surface area contributed by atoms with Crippen molar-refractivity contribution in [3.63, 3.8) is 0 Å². The van der Waals surface area contributed by atoms with Crippen molar-refractivity contribution < 1.29 is 76.9 Å². The maximum Gasteiger partial charge on any atom is 1.00 e. The molecule has 0 aromatic heterocycles. The summed E-state index contributed by atoms with van der Waals surface area (Å²) in [7, 11) is -8.82. The molecule has 0 spiro atoms. The van der Waals surface area contributed by atoms with Gasteiger partial charge >= 0.3 is 4.28 Å². The number of nitro benzene ring substituents is 2. The number of nitrogens with zero attached hydrogens (tertiary/aromatic N) is 4. The summed E-state index contributed by atoms with van der Waals surface area (Å²) in [6.45, 7) is 0. The first-order valence-corrected chi connectivity index (χ1v) is 36.2. The zero-order chi connectivity index (χ0) is 66.3. The van der Waals surface area contributed by atoms with E-state index in [-0.39, 0.29) is 87.9 Å². The van der Waals surface area contributed by atoms with Gasteiger partial charge in [-0.3, -0.25) is 49.8 Å². The number of carbonyl (C=O) groups excluding carboxylic acids is 2. The first-order chi connectivity index (χ1) is 44.7. The molecular formula is C68H94FeN9O14S2+3. The summed E-state index contributed by atoms with van der Waals surface area (Å²) in [5.74, 6) is -1.63. The van der Waals surface area contributed by atoms with E-state index in [1.807, 2.05) is 0 Å². The predicted octanol–water partition coefficient (Wildman–Crippen LogP) is 14.0. The number of nitrogens with one attached hydrogen (secondary N) is 5. The normalized spacial score (nSPS) is 20.0. The number of fused-ring (bicyclic) bond motifs is 2. The van der Waals surface area contributed by atoms with Crippen LogP contribution in [0.2, 0.25) is 0 Å². The zero-order valence-electron chi connectivity index (χ0n) is 56.2. The first kappa shape index (κ1) is 74.7. The van der Waals surface area contributed by atoms with Crippen LogP contribution in [0.1, 0.15) is 219 Å². The van der Waals surface area contributed by atoms with Gasteiger partial charge in [-0.2, -0.15) is 27.0 Å². The van der Waals surface area contributed by atoms with Crippen LogP contribution in [0.5, 0.6) is 11.5 Å². The monoisotopic (exact) mass is 1380 g/mol. The molecule has 9 N–H and O–H groups in total. The molecule has 6 fully saturated rings. The van der Waals surface area contributed by atoms with E-state index < -0.39 is 41.6 Å². The van der Waals surface area contributed by atoms with Crippen LogP contribution in [-0.2, 0) is 46.9 Å². The summed E-state index contributed by atoms with van der Waals surface area (Å²) < 4.78 is 63.2. The van der Waals surface area contributed by atoms with Crippen LogP contribution < -0.4 is 26.8 Å². The number of aromatic hydroxyl groups is 2. The molecule has 6 saturated carbocycles. The number of phenolic OH excluding ortho intramolecular Hbond substituents is 2. The Hall–Kier alpha value is -6.74. The van der Waals surface area contributed by atoms with Gasteiger partial charge < -0.3 is 26.2 Å². The average Bonchev–Trinajstić information content (AvgIpc) is 0.797. The van der Waals surface area contributed by atoms with Gasteiger partial charge in [0, 0.05) is 88.7 Å². The molecule has 512 valence electrons. The van der Waals surface area contributed by atoms with Crippen LogP contribution >= 0.6 is 0 Å². The molecule has 0 aliphatic heterocycles. The summed E-state index contributed by atoms with van der Waals surface area (Å²) >= 11 is 0. The molecule has 23 nitrogen and oxygen atoms in total. The van der Waals surface area contributed by atoms with Crippen molar-refractivity contribution in [2.75, 3.05) is 10.9 Å². The fraction of sp³-hybridized carbons (Fsp3) is 0.529. The van der Waals surface area contributed by atoms with E-state index in [9.17, 15) is 56.9 Å². The Morgan fingerprint density at radius 2 is 0.670 bits per heavy atom. The van der Waals surface area contributed by atoms with Gasteiger partial charge in [-0.1, -0.05) is 140 Å². The van der Waals surface area contributed by atoms with Crippen molar-refractivity contribution in [3.8, 4) is 11.5 Å². The summed E-state index contributed by atoms with van der Waals surface area (Å²) in [5.41, 5.74) is 5.09. The van der Waals surface area contributed by atoms with Gasteiger partial charge in [-0.15, -0.1) is 0 Å². The largest absolute Gasteiger partial charge is 1.00 e. The average molecular weight is 1380 g/mol. The Morgan fingerprint density at radius 3 is 0.915 bits per heavy atom. The first-order valence-electron chi connectivity index (χ1n) is 33.3. The van der Waals surface area contributed by atoms with Crippen molar-refractivity contribution in [2.24, 2.45) is 10.2 Å². The fourth-order valence-corrected chi connectivity index (χ4v) is 14.4. The Kier molecular flexibility index (Phi) is 29.3. The Balaban J connectivity index is 0.000000266. The van der Waals surface area contributed by atoms with Gasteiger partial charge in [0.25, 0.3) is 31.6 Å². The smallest absolute Gasteiger partial charge is 0.506 e. The van der Waals surface area contributed by atoms with Crippen molar-refractivity contribution in [1.82, 2.24) is 16.0 Å². The second-order valence-electron chi connectivity index (χ2n) is 25.4. The molecule has 94 heavy (non-hydrogen) atoms. The van der Waals surface area contributed by atoms with Crippen molar-refractivity contribution in [3.05, 3.63) is 127 Å². The summed E-state index contributed by atoms with van der Waals surface area (Å²) in [6, 6.07) is 18.9. The number of allylic oxidation sites excluding steroid dienone is 2. The van der Waals surface area contributed by atoms with Gasteiger partial charge in [-0.05, 0) is 137 Å². The number of ketones is 2. The Labute approximate surface area is 566 Å². The molecule has 0 radical (unpaired) electrons. The van der Waals surface area contributed by atoms with Crippen LogP contribution in [0.25, 0.3) is 12.2 Å². The molecule has 26 heteroatoms. The molecule has 0 amide bonds. The van der Waals surface area contributed by atoms with Crippen molar-refractivity contribution in [1.29, 1.82) is 0 Å². The number of benzene rings is 4. The van der Waals surface area contributed by atoms with Crippen molar-refractivity contribution >= 4 is 78.1 Å². The summed E-state index contributed by atoms with van der Waals surface area (Å²) in [5, 5.41) is 60.6. The third-order valence-corrected chi connectivity index (χ3v) is 20.2. The second-order valence-corrected chi connectivity index (χ2v) is 28.3. The predicted molar refractivity (Wildman–Crippen MR) is 364 cm³/mol. The van der Waals surface area contributed by atoms with E-state index in [1.54, 1.807) is 0 Å². The standard InChI is InChI=1S/2C16H11N3O7S.3C12H23N.Fe/c2*20-14-6-2-10(19(22)23)8-13(14)17-18-16-12-4-3-11(27(24,25)26)7-9(12)1-5-15(16)21;3*1-3-7-11(8-4-1)13-12-9-5-2-6-10-12;/h2*1-8,17,20H,(H,24,25,26);3*11-13H,1-10H2;/p+3/b2*18-16-;;;;. The number of nitro groups is 2. The molecule has 4 aromatic carbocycles. The minimum absolute atomic E-state index is 0. The molecule has 8 aliphatic rings. The van der Waals surface area contributed by atoms with E-state index >= 15 is 0 Å². The van der Waals surface area contributed by atoms with Gasteiger partial charge in [0.05, 0.1) is 19.6 Å². The molecule has 4 aromatic rings. The number of carbonyl (C=O) groups is 2. The zero-order valence-corrected chi connectivity index (χ0v) is 56.0. The van der Waals surface area contributed by atoms with Crippen LogP contribution in [0.15, 0.2) is 105 Å². The minimum atomic E-state index is -4.41. The topological polar surface area (TPSA) is 354 Å². The van der Waals surface area contributed by atoms with Crippen LogP contribution in [0, 0.1) is 20.2 Å². The van der Waals surface area contributed by atoms with Crippen LogP contribution in [0.4, 0.5) is 22.7 Å². The number of rotatable bonds is 14. The van der Waals surface area contributed by atoms with Crippen LogP contribution in [-0.4, -0.2) is 105 Å². The third-order valence-electron chi connectivity index (χ3n) is 18.5. The number of phenols is 2. The van der Waals surface area contributed by atoms with Gasteiger partial charge in [0.15, 0.2) is 0 Å². The number of hydrogen-bond acceptors (Lipinski definition) is 19. The van der Waals surface area contributed by atoms with E-state index in [4.69, 9.17) is 9.11 Å². The minimum Gasteiger partial charge on any atom is -0.506 e. The van der Waals surface area contributed by atoms with Gasteiger partial charge in [0.2, 0.25) is 11.6 Å². The summed E-state index contributed by atoms with van der Waals surface area (Å²) in [6.07, 6.45) is 48.7. The van der Waals surface area contributed by atoms with E-state index in [1.165, 1.54) is 229 Å². The van der Waals surface area contributed by atoms with Gasteiger partial charge in [-0.25, -0.2) is 0 Å². The molecule has 12 rings (SSSR count). The molecule has 0 unspecified atom stereocenters. The van der Waals surface area contributed by atoms with Gasteiger partial charge in [0.1, 0.15) is 34.3 Å². The maximum absolute atomic E-state index is 12.1. The quantitative estimate of drug-likeness (QED) is 0.0186. The summed E-state index contributed by atoms with van der Waals surface area (Å²) in [4.78, 5) is 43.9. The fourth-order valence-electron chi connectivity index (χ4n) is 13.4. The molecule has 0 atom stereocenters. The number of hydrogen-bond donors (Lipinski definition) is 9. The van der Waals surface area contributed by atoms with Crippen molar-refractivity contribution in [2.45, 2.75) is 239 Å². The SMILES string of the molecule is C1CCC(NC2CCCCC2)CC1.C1CCC(NC2CCCCC2)CC1.C1CCC(NC2CCCCC2)CC1.O=C1C=Cc2cc(S(=O)(=O)O)ccc2/C1=N/Nc1cc([N+](=O)[O-])ccc1O.O=C1C=Cc2cc(S(=O)(=O)O)ccc2/C1=N/Nc1cc([N+](=O)[O-])ccc1O.[Fe].[H+].[H+].[H+]. The molecule has 8 aliphatic carbocycles. The van der Waals surface area contributed by atoms with E-state index in [0.717, 1.165) is 96.9 Å². The Bertz CT molecular complexity index is 3280. The Morgan fingerprint density at radius 1 is 0.404 bits per heavy atom. The number of hydrazone groups is 2. The molecule has 0 saturated heterocycles. The number of non-ortho nitro benzene ring substituents is 2. The van der Waals surface area contributed by atoms with Crippen LogP contribution in [0.3, 0.4) is 0 Å². The maximum atomic E-state index is 12.1. The molecular weight excluding hydrogens is 1290 g/mol. The number of anilines is 2. The van der Waals surface area contributed by atoms with E-state index in [0.29, 0.717) is 11.1 Å². The molecule has 0 heterocycles. The molecule has 0 bridgehead atoms. The van der Waals surface area contributed by atoms with E-state index in [2.05, 4.69) is 37.0 Å².